The Morgan fingerprint density at radius 1 is 1.37 bits per heavy atom. The van der Waals surface area contributed by atoms with Crippen molar-refractivity contribution >= 4 is 27.4 Å². The smallest absolute Gasteiger partial charge is 0.173 e. The van der Waals surface area contributed by atoms with Crippen molar-refractivity contribution in [1.29, 1.82) is 0 Å². The molecule has 3 aromatic rings. The van der Waals surface area contributed by atoms with Gasteiger partial charge in [-0.2, -0.15) is 9.61 Å². The molecule has 142 valence electrons. The summed E-state index contributed by atoms with van der Waals surface area (Å²) in [5.41, 5.74) is 3.08. The molecule has 2 N–H and O–H groups in total. The highest BCUT2D eigenvalue weighted by atomic mass is 79.9. The van der Waals surface area contributed by atoms with Gasteiger partial charge in [-0.05, 0) is 53.1 Å². The molecule has 1 fully saturated rings. The lowest BCUT2D eigenvalue weighted by Gasteiger charge is -2.17. The maximum Gasteiger partial charge on any atom is 0.173 e. The van der Waals surface area contributed by atoms with Crippen LogP contribution in [0.5, 0.6) is 0 Å². The molecule has 27 heavy (non-hydrogen) atoms. The molecule has 1 saturated carbocycles. The predicted octanol–water partition coefficient (Wildman–Crippen LogP) is 2.88. The Hall–Kier alpha value is -1.99. The fourth-order valence-corrected chi connectivity index (χ4v) is 4.40. The van der Waals surface area contributed by atoms with Crippen molar-refractivity contribution in [1.82, 2.24) is 14.6 Å². The van der Waals surface area contributed by atoms with Crippen molar-refractivity contribution in [2.45, 2.75) is 32.2 Å². The third kappa shape index (κ3) is 3.99. The Bertz CT molecular complexity index is 941. The molecule has 0 amide bonds. The van der Waals surface area contributed by atoms with Crippen molar-refractivity contribution in [2.24, 2.45) is 18.9 Å². The summed E-state index contributed by atoms with van der Waals surface area (Å²) in [6, 6.07) is 6.25. The number of nitrogens with zero attached hydrogens (tertiary/aromatic N) is 4. The Balaban J connectivity index is 1.60. The van der Waals surface area contributed by atoms with E-state index in [0.29, 0.717) is 18.4 Å². The van der Waals surface area contributed by atoms with E-state index in [4.69, 9.17) is 4.98 Å². The van der Waals surface area contributed by atoms with Crippen LogP contribution in [0.3, 0.4) is 0 Å². The van der Waals surface area contributed by atoms with E-state index >= 15 is 0 Å². The number of hydrogen-bond donors (Lipinski definition) is 2. The summed E-state index contributed by atoms with van der Waals surface area (Å²) in [6.07, 6.45) is 10.3. The average Bonchev–Trinajstić information content (AvgIpc) is 3.26. The van der Waals surface area contributed by atoms with Crippen LogP contribution in [-0.2, 0) is 20.0 Å². The third-order valence-corrected chi connectivity index (χ3v) is 6.04. The monoisotopic (exact) mass is 430 g/mol. The molecule has 0 saturated heterocycles. The van der Waals surface area contributed by atoms with E-state index in [-0.39, 0.29) is 6.61 Å². The lowest BCUT2D eigenvalue weighted by molar-refractivity contribution is -0.671. The second-order valence-electron chi connectivity index (χ2n) is 7.43. The molecule has 1 aliphatic rings. The van der Waals surface area contributed by atoms with Crippen molar-refractivity contribution in [2.75, 3.05) is 11.9 Å². The maximum atomic E-state index is 9.63. The van der Waals surface area contributed by atoms with E-state index < -0.39 is 0 Å². The third-order valence-electron chi connectivity index (χ3n) is 5.48. The molecule has 0 aromatic carbocycles. The first-order chi connectivity index (χ1) is 13.1. The number of nitrogens with one attached hydrogen (secondary N) is 1. The van der Waals surface area contributed by atoms with E-state index in [9.17, 15) is 5.11 Å². The van der Waals surface area contributed by atoms with Crippen molar-refractivity contribution in [3.05, 3.63) is 52.5 Å². The topological polar surface area (TPSA) is 66.3 Å². The van der Waals surface area contributed by atoms with E-state index in [1.54, 1.807) is 6.20 Å². The number of fused-ring (bicyclic) bond motifs is 1. The minimum atomic E-state index is 0.277. The zero-order valence-electron chi connectivity index (χ0n) is 15.5. The van der Waals surface area contributed by atoms with E-state index in [0.717, 1.165) is 34.5 Å². The second kappa shape index (κ2) is 7.94. The van der Waals surface area contributed by atoms with Crippen LogP contribution >= 0.6 is 15.9 Å². The first-order valence-corrected chi connectivity index (χ1v) is 10.3. The Kier molecular flexibility index (Phi) is 5.41. The number of aliphatic hydroxyl groups is 1. The normalized spacial score (nSPS) is 19.7. The van der Waals surface area contributed by atoms with Gasteiger partial charge in [0.05, 0.1) is 10.7 Å². The maximum absolute atomic E-state index is 9.63. The number of hydrogen-bond acceptors (Lipinski definition) is 4. The molecule has 1 aliphatic carbocycles. The number of halogens is 1. The van der Waals surface area contributed by atoms with Gasteiger partial charge in [0.25, 0.3) is 0 Å². The van der Waals surface area contributed by atoms with Crippen LogP contribution in [0.2, 0.25) is 0 Å². The summed E-state index contributed by atoms with van der Waals surface area (Å²) in [7, 11) is 2.02. The number of aliphatic hydroxyl groups excluding tert-OH is 1. The molecule has 0 bridgehead atoms. The largest absolute Gasteiger partial charge is 0.396 e. The number of anilines is 1. The lowest BCUT2D eigenvalue weighted by Crippen LogP contribution is -2.27. The van der Waals surface area contributed by atoms with Crippen LogP contribution in [0.1, 0.15) is 30.5 Å². The Morgan fingerprint density at radius 2 is 2.22 bits per heavy atom. The summed E-state index contributed by atoms with van der Waals surface area (Å²) in [5.74, 6) is 1.84. The van der Waals surface area contributed by atoms with Crippen LogP contribution in [0.15, 0.2) is 41.3 Å². The van der Waals surface area contributed by atoms with Crippen LogP contribution in [0.4, 0.5) is 5.82 Å². The van der Waals surface area contributed by atoms with E-state index in [2.05, 4.69) is 44.7 Å². The first kappa shape index (κ1) is 18.4. The number of aromatic nitrogens is 4. The summed E-state index contributed by atoms with van der Waals surface area (Å²) in [5, 5.41) is 17.6. The molecule has 0 radical (unpaired) electrons. The lowest BCUT2D eigenvalue weighted by atomic mass is 9.92. The summed E-state index contributed by atoms with van der Waals surface area (Å²) < 4.78 is 4.78. The van der Waals surface area contributed by atoms with Crippen LogP contribution in [0.25, 0.3) is 5.65 Å². The molecule has 6 nitrogen and oxygen atoms in total. The minimum Gasteiger partial charge on any atom is -0.396 e. The number of aryl methyl sites for hydroxylation is 1. The zero-order chi connectivity index (χ0) is 18.8. The highest BCUT2D eigenvalue weighted by molar-refractivity contribution is 9.10. The second-order valence-corrected chi connectivity index (χ2v) is 8.28. The summed E-state index contributed by atoms with van der Waals surface area (Å²) in [4.78, 5) is 4.82. The zero-order valence-corrected chi connectivity index (χ0v) is 17.1. The molecular weight excluding hydrogens is 406 g/mol. The highest BCUT2D eigenvalue weighted by Crippen LogP contribution is 2.34. The quantitative estimate of drug-likeness (QED) is 0.590. The SMILES string of the molecule is C[n+]1cccc(CNc2cc(C[C@@H]3CCC[C@@H]3CO)nc3c(Br)cnn23)c1. The molecule has 4 rings (SSSR count). The molecule has 0 aliphatic heterocycles. The minimum absolute atomic E-state index is 0.277. The fraction of sp³-hybridized carbons (Fsp3) is 0.450. The van der Waals surface area contributed by atoms with Crippen molar-refractivity contribution in [3.63, 3.8) is 0 Å². The predicted molar refractivity (Wildman–Crippen MR) is 107 cm³/mol. The molecule has 0 spiro atoms. The van der Waals surface area contributed by atoms with Gasteiger partial charge in [-0.3, -0.25) is 0 Å². The van der Waals surface area contributed by atoms with Crippen LogP contribution < -0.4 is 9.88 Å². The van der Waals surface area contributed by atoms with Gasteiger partial charge in [-0.25, -0.2) is 9.55 Å². The number of rotatable bonds is 6. The number of pyridine rings is 1. The Labute approximate surface area is 167 Å². The van der Waals surface area contributed by atoms with Crippen LogP contribution in [0, 0.1) is 11.8 Å². The molecule has 3 heterocycles. The van der Waals surface area contributed by atoms with Gasteiger partial charge in [0.1, 0.15) is 12.9 Å². The van der Waals surface area contributed by atoms with Crippen molar-refractivity contribution in [3.8, 4) is 0 Å². The van der Waals surface area contributed by atoms with Crippen LogP contribution in [-0.4, -0.2) is 26.3 Å². The Morgan fingerprint density at radius 3 is 3.04 bits per heavy atom. The summed E-state index contributed by atoms with van der Waals surface area (Å²) >= 11 is 3.56. The average molecular weight is 431 g/mol. The molecule has 0 unspecified atom stereocenters. The van der Waals surface area contributed by atoms with Gasteiger partial charge < -0.3 is 10.4 Å². The fourth-order valence-electron chi connectivity index (χ4n) is 4.06. The van der Waals surface area contributed by atoms with E-state index in [1.165, 1.54) is 18.4 Å². The van der Waals surface area contributed by atoms with Gasteiger partial charge in [-0.15, -0.1) is 0 Å². The molecule has 7 heteroatoms. The molecular formula is C20H25BrN5O+. The molecule has 2 atom stereocenters. The van der Waals surface area contributed by atoms with Gasteiger partial charge in [0.2, 0.25) is 0 Å². The molecule has 3 aromatic heterocycles. The summed E-state index contributed by atoms with van der Waals surface area (Å²) in [6.45, 7) is 0.993. The standard InChI is InChI=1S/C20H25BrN5O/c1-25-7-3-4-14(12-25)10-22-19-9-17(8-15-5-2-6-16(15)13-27)24-20-18(21)11-23-26(19)20/h3-4,7,9,11-12,15-16,22,27H,2,5-6,8,10,13H2,1H3/q+1/t15-,16+/m0/s1. The van der Waals surface area contributed by atoms with Crippen molar-refractivity contribution < 1.29 is 9.67 Å². The van der Waals surface area contributed by atoms with Gasteiger partial charge in [0, 0.05) is 36.5 Å². The first-order valence-electron chi connectivity index (χ1n) is 9.46. The van der Waals surface area contributed by atoms with Gasteiger partial charge >= 0.3 is 0 Å². The van der Waals surface area contributed by atoms with Gasteiger partial charge in [0.15, 0.2) is 18.0 Å². The highest BCUT2D eigenvalue weighted by Gasteiger charge is 2.27. The van der Waals surface area contributed by atoms with E-state index in [1.807, 2.05) is 28.4 Å². The van der Waals surface area contributed by atoms with Gasteiger partial charge in [-0.1, -0.05) is 6.42 Å².